The standard InChI is InChI=1S/C17H27NO/c1-2-6-14-9-11-16(12-10-14)18-13-17(19)15-7-4-3-5-8-15/h3-5,7-8,14,16-19H,2,6,9-13H2,1H3. The topological polar surface area (TPSA) is 32.3 Å². The zero-order valence-electron chi connectivity index (χ0n) is 12.0. The van der Waals surface area contributed by atoms with E-state index in [0.717, 1.165) is 11.5 Å². The van der Waals surface area contributed by atoms with Gasteiger partial charge in [0.15, 0.2) is 0 Å². The van der Waals surface area contributed by atoms with E-state index in [1.54, 1.807) is 0 Å². The Bertz CT molecular complexity index is 344. The van der Waals surface area contributed by atoms with Crippen LogP contribution in [0.25, 0.3) is 0 Å². The van der Waals surface area contributed by atoms with E-state index in [-0.39, 0.29) is 6.10 Å². The molecule has 106 valence electrons. The summed E-state index contributed by atoms with van der Waals surface area (Å²) in [6, 6.07) is 10.5. The number of aliphatic hydroxyl groups is 1. The Labute approximate surface area is 117 Å². The Kier molecular flexibility index (Phi) is 5.87. The van der Waals surface area contributed by atoms with E-state index < -0.39 is 0 Å². The van der Waals surface area contributed by atoms with E-state index in [0.29, 0.717) is 12.6 Å². The third-order valence-electron chi connectivity index (χ3n) is 4.33. The van der Waals surface area contributed by atoms with Crippen LogP contribution in [0.4, 0.5) is 0 Å². The molecule has 1 saturated carbocycles. The Morgan fingerprint density at radius 3 is 2.47 bits per heavy atom. The van der Waals surface area contributed by atoms with Gasteiger partial charge in [-0.25, -0.2) is 0 Å². The third-order valence-corrected chi connectivity index (χ3v) is 4.33. The maximum atomic E-state index is 10.1. The predicted molar refractivity (Wildman–Crippen MR) is 80.1 cm³/mol. The SMILES string of the molecule is CCCC1CCC(NCC(O)c2ccccc2)CC1. The first-order valence-electron chi connectivity index (χ1n) is 7.76. The fourth-order valence-corrected chi connectivity index (χ4v) is 3.13. The van der Waals surface area contributed by atoms with Crippen molar-refractivity contribution in [3.63, 3.8) is 0 Å². The van der Waals surface area contributed by atoms with Crippen LogP contribution in [-0.4, -0.2) is 17.7 Å². The summed E-state index contributed by atoms with van der Waals surface area (Å²) in [5.74, 6) is 0.946. The highest BCUT2D eigenvalue weighted by molar-refractivity contribution is 5.17. The van der Waals surface area contributed by atoms with Gasteiger partial charge in [-0.1, -0.05) is 50.1 Å². The van der Waals surface area contributed by atoms with Crippen molar-refractivity contribution in [1.82, 2.24) is 5.32 Å². The lowest BCUT2D eigenvalue weighted by atomic mass is 9.83. The van der Waals surface area contributed by atoms with Crippen LogP contribution >= 0.6 is 0 Å². The molecule has 1 unspecified atom stereocenters. The lowest BCUT2D eigenvalue weighted by molar-refractivity contribution is 0.161. The minimum Gasteiger partial charge on any atom is -0.387 e. The van der Waals surface area contributed by atoms with Crippen LogP contribution in [0.1, 0.15) is 57.1 Å². The largest absolute Gasteiger partial charge is 0.387 e. The number of benzene rings is 1. The van der Waals surface area contributed by atoms with Gasteiger partial charge in [0.25, 0.3) is 0 Å². The fourth-order valence-electron chi connectivity index (χ4n) is 3.13. The van der Waals surface area contributed by atoms with Gasteiger partial charge in [0.1, 0.15) is 0 Å². The molecule has 1 aliphatic rings. The molecule has 0 spiro atoms. The normalized spacial score (nSPS) is 25.2. The number of hydrogen-bond acceptors (Lipinski definition) is 2. The van der Waals surface area contributed by atoms with Crippen molar-refractivity contribution in [2.75, 3.05) is 6.54 Å². The van der Waals surface area contributed by atoms with Crippen LogP contribution in [0.15, 0.2) is 30.3 Å². The van der Waals surface area contributed by atoms with Crippen molar-refractivity contribution in [2.24, 2.45) is 5.92 Å². The molecule has 0 saturated heterocycles. The van der Waals surface area contributed by atoms with Crippen LogP contribution in [0.2, 0.25) is 0 Å². The van der Waals surface area contributed by atoms with Crippen LogP contribution in [0.5, 0.6) is 0 Å². The summed E-state index contributed by atoms with van der Waals surface area (Å²) >= 11 is 0. The number of aliphatic hydroxyl groups excluding tert-OH is 1. The maximum Gasteiger partial charge on any atom is 0.0914 e. The third kappa shape index (κ3) is 4.63. The molecule has 1 fully saturated rings. The number of hydrogen-bond donors (Lipinski definition) is 2. The molecule has 2 heteroatoms. The first kappa shape index (κ1) is 14.5. The smallest absolute Gasteiger partial charge is 0.0914 e. The molecule has 19 heavy (non-hydrogen) atoms. The van der Waals surface area contributed by atoms with Gasteiger partial charge in [-0.15, -0.1) is 0 Å². The molecule has 0 bridgehead atoms. The zero-order valence-corrected chi connectivity index (χ0v) is 12.0. The van der Waals surface area contributed by atoms with Crippen molar-refractivity contribution in [2.45, 2.75) is 57.6 Å². The quantitative estimate of drug-likeness (QED) is 0.819. The summed E-state index contributed by atoms with van der Waals surface area (Å²) in [7, 11) is 0. The molecule has 1 aliphatic carbocycles. The van der Waals surface area contributed by atoms with Crippen molar-refractivity contribution >= 4 is 0 Å². The second-order valence-corrected chi connectivity index (χ2v) is 5.84. The van der Waals surface area contributed by atoms with Gasteiger partial charge >= 0.3 is 0 Å². The monoisotopic (exact) mass is 261 g/mol. The highest BCUT2D eigenvalue weighted by atomic mass is 16.3. The Hall–Kier alpha value is -0.860. The van der Waals surface area contributed by atoms with Gasteiger partial charge < -0.3 is 10.4 Å². The van der Waals surface area contributed by atoms with Crippen LogP contribution in [0, 0.1) is 5.92 Å². The summed E-state index contributed by atoms with van der Waals surface area (Å²) in [6.45, 7) is 2.95. The van der Waals surface area contributed by atoms with Crippen LogP contribution < -0.4 is 5.32 Å². The summed E-state index contributed by atoms with van der Waals surface area (Å²) in [4.78, 5) is 0. The molecule has 0 heterocycles. The molecule has 2 rings (SSSR count). The van der Waals surface area contributed by atoms with Crippen molar-refractivity contribution < 1.29 is 5.11 Å². The average molecular weight is 261 g/mol. The highest BCUT2D eigenvalue weighted by Gasteiger charge is 2.20. The van der Waals surface area contributed by atoms with Crippen molar-refractivity contribution in [1.29, 1.82) is 0 Å². The number of rotatable bonds is 6. The Morgan fingerprint density at radius 2 is 1.84 bits per heavy atom. The molecule has 0 aliphatic heterocycles. The first-order chi connectivity index (χ1) is 9.29. The molecule has 1 aromatic carbocycles. The molecule has 1 aromatic rings. The summed E-state index contributed by atoms with van der Waals surface area (Å²) in [5, 5.41) is 13.7. The average Bonchev–Trinajstić information content (AvgIpc) is 2.47. The van der Waals surface area contributed by atoms with E-state index >= 15 is 0 Å². The van der Waals surface area contributed by atoms with Gasteiger partial charge in [0.05, 0.1) is 6.10 Å². The Balaban J connectivity index is 1.69. The molecular weight excluding hydrogens is 234 g/mol. The first-order valence-corrected chi connectivity index (χ1v) is 7.76. The predicted octanol–water partition coefficient (Wildman–Crippen LogP) is 3.67. The van der Waals surface area contributed by atoms with Gasteiger partial charge in [-0.05, 0) is 37.2 Å². The van der Waals surface area contributed by atoms with Crippen molar-refractivity contribution in [3.05, 3.63) is 35.9 Å². The van der Waals surface area contributed by atoms with Gasteiger partial charge in [-0.2, -0.15) is 0 Å². The van der Waals surface area contributed by atoms with E-state index in [1.165, 1.54) is 38.5 Å². The summed E-state index contributed by atoms with van der Waals surface area (Å²) < 4.78 is 0. The van der Waals surface area contributed by atoms with Crippen molar-refractivity contribution in [3.8, 4) is 0 Å². The highest BCUT2D eigenvalue weighted by Crippen LogP contribution is 2.27. The molecule has 0 aromatic heterocycles. The molecule has 2 N–H and O–H groups in total. The minimum absolute atomic E-state index is 0.380. The van der Waals surface area contributed by atoms with Crippen LogP contribution in [0.3, 0.4) is 0 Å². The molecule has 0 amide bonds. The minimum atomic E-state index is -0.380. The van der Waals surface area contributed by atoms with E-state index in [2.05, 4.69) is 12.2 Å². The number of nitrogens with one attached hydrogen (secondary N) is 1. The molecular formula is C17H27NO. The van der Waals surface area contributed by atoms with E-state index in [1.807, 2.05) is 30.3 Å². The van der Waals surface area contributed by atoms with Gasteiger partial charge in [-0.3, -0.25) is 0 Å². The molecule has 0 radical (unpaired) electrons. The molecule has 1 atom stereocenters. The van der Waals surface area contributed by atoms with Gasteiger partial charge in [0, 0.05) is 12.6 Å². The van der Waals surface area contributed by atoms with Crippen LogP contribution in [-0.2, 0) is 0 Å². The second kappa shape index (κ2) is 7.66. The van der Waals surface area contributed by atoms with Gasteiger partial charge in [0.2, 0.25) is 0 Å². The maximum absolute atomic E-state index is 10.1. The summed E-state index contributed by atoms with van der Waals surface area (Å²) in [5.41, 5.74) is 1.01. The van der Waals surface area contributed by atoms with E-state index in [9.17, 15) is 5.11 Å². The van der Waals surface area contributed by atoms with E-state index in [4.69, 9.17) is 0 Å². The second-order valence-electron chi connectivity index (χ2n) is 5.84. The summed E-state index contributed by atoms with van der Waals surface area (Å²) in [6.07, 6.45) is 7.57. The Morgan fingerprint density at radius 1 is 1.16 bits per heavy atom. The fraction of sp³-hybridized carbons (Fsp3) is 0.647. The lowest BCUT2D eigenvalue weighted by Gasteiger charge is -2.29. The lowest BCUT2D eigenvalue weighted by Crippen LogP contribution is -2.35. The zero-order chi connectivity index (χ0) is 13.5. The molecule has 2 nitrogen and oxygen atoms in total.